The number of amides is 1. The van der Waals surface area contributed by atoms with Gasteiger partial charge >= 0.3 is 0 Å². The normalized spacial score (nSPS) is 18.9. The molecular formula is C16H19NO3. The SMILES string of the molecule is CC(=O)c1ccc2c(c1)CCN2C(=O)C1CCOCC1. The molecular weight excluding hydrogens is 254 g/mol. The van der Waals surface area contributed by atoms with E-state index in [1.54, 1.807) is 6.92 Å². The lowest BCUT2D eigenvalue weighted by molar-refractivity contribution is -0.125. The maximum Gasteiger partial charge on any atom is 0.230 e. The van der Waals surface area contributed by atoms with E-state index in [0.717, 1.165) is 42.6 Å². The van der Waals surface area contributed by atoms with Crippen LogP contribution in [-0.2, 0) is 16.0 Å². The maximum atomic E-state index is 12.6. The van der Waals surface area contributed by atoms with Crippen LogP contribution in [0.1, 0.15) is 35.7 Å². The number of benzene rings is 1. The lowest BCUT2D eigenvalue weighted by atomic mass is 9.98. The first-order valence-electron chi connectivity index (χ1n) is 7.20. The molecule has 2 heterocycles. The molecule has 3 rings (SSSR count). The summed E-state index contributed by atoms with van der Waals surface area (Å²) < 4.78 is 5.32. The van der Waals surface area contributed by atoms with Crippen molar-refractivity contribution in [2.24, 2.45) is 5.92 Å². The van der Waals surface area contributed by atoms with Crippen LogP contribution in [0.5, 0.6) is 0 Å². The lowest BCUT2D eigenvalue weighted by Crippen LogP contribution is -2.37. The van der Waals surface area contributed by atoms with Gasteiger partial charge in [-0.1, -0.05) is 0 Å². The number of anilines is 1. The number of nitrogens with zero attached hydrogens (tertiary/aromatic N) is 1. The zero-order valence-corrected chi connectivity index (χ0v) is 11.7. The molecule has 1 aromatic carbocycles. The zero-order valence-electron chi connectivity index (χ0n) is 11.7. The van der Waals surface area contributed by atoms with E-state index in [1.165, 1.54) is 0 Å². The molecule has 0 radical (unpaired) electrons. The second kappa shape index (κ2) is 5.37. The van der Waals surface area contributed by atoms with Gasteiger partial charge in [-0.3, -0.25) is 9.59 Å². The molecule has 1 saturated heterocycles. The maximum absolute atomic E-state index is 12.6. The summed E-state index contributed by atoms with van der Waals surface area (Å²) in [5, 5.41) is 0. The van der Waals surface area contributed by atoms with Gasteiger partial charge in [-0.25, -0.2) is 0 Å². The van der Waals surface area contributed by atoms with E-state index in [-0.39, 0.29) is 17.6 Å². The minimum Gasteiger partial charge on any atom is -0.381 e. The molecule has 1 aromatic rings. The fourth-order valence-electron chi connectivity index (χ4n) is 3.01. The molecule has 2 aliphatic heterocycles. The van der Waals surface area contributed by atoms with Crippen molar-refractivity contribution in [3.63, 3.8) is 0 Å². The molecule has 1 amide bonds. The summed E-state index contributed by atoms with van der Waals surface area (Å²) in [6, 6.07) is 5.65. The van der Waals surface area contributed by atoms with Crippen molar-refractivity contribution in [3.05, 3.63) is 29.3 Å². The highest BCUT2D eigenvalue weighted by molar-refractivity contribution is 5.99. The summed E-state index contributed by atoms with van der Waals surface area (Å²) in [6.45, 7) is 3.66. The molecule has 0 N–H and O–H groups in total. The van der Waals surface area contributed by atoms with Crippen LogP contribution < -0.4 is 4.90 Å². The Labute approximate surface area is 118 Å². The Morgan fingerprint density at radius 1 is 1.25 bits per heavy atom. The van der Waals surface area contributed by atoms with E-state index in [1.807, 2.05) is 23.1 Å². The van der Waals surface area contributed by atoms with E-state index in [0.29, 0.717) is 13.2 Å². The van der Waals surface area contributed by atoms with Crippen LogP contribution >= 0.6 is 0 Å². The van der Waals surface area contributed by atoms with Gasteiger partial charge in [-0.05, 0) is 49.9 Å². The Hall–Kier alpha value is -1.68. The predicted octanol–water partition coefficient (Wildman–Crippen LogP) is 2.20. The van der Waals surface area contributed by atoms with Crippen molar-refractivity contribution in [1.82, 2.24) is 0 Å². The summed E-state index contributed by atoms with van der Waals surface area (Å²) in [4.78, 5) is 25.9. The Morgan fingerprint density at radius 2 is 2.00 bits per heavy atom. The molecule has 4 heteroatoms. The number of rotatable bonds is 2. The number of carbonyl (C=O) groups excluding carboxylic acids is 2. The molecule has 0 atom stereocenters. The van der Waals surface area contributed by atoms with Crippen LogP contribution in [0.25, 0.3) is 0 Å². The van der Waals surface area contributed by atoms with Crippen LogP contribution in [0.4, 0.5) is 5.69 Å². The summed E-state index contributed by atoms with van der Waals surface area (Å²) in [6.07, 6.45) is 2.47. The quantitative estimate of drug-likeness (QED) is 0.776. The third kappa shape index (κ3) is 2.36. The Kier molecular flexibility index (Phi) is 3.57. The number of ether oxygens (including phenoxy) is 1. The fraction of sp³-hybridized carbons (Fsp3) is 0.500. The van der Waals surface area contributed by atoms with Crippen molar-refractivity contribution in [2.75, 3.05) is 24.7 Å². The van der Waals surface area contributed by atoms with Gasteiger partial charge in [0.2, 0.25) is 5.91 Å². The molecule has 0 saturated carbocycles. The Balaban J connectivity index is 1.81. The highest BCUT2D eigenvalue weighted by Gasteiger charge is 2.31. The van der Waals surface area contributed by atoms with Crippen molar-refractivity contribution in [3.8, 4) is 0 Å². The molecule has 0 bridgehead atoms. The Bertz CT molecular complexity index is 547. The van der Waals surface area contributed by atoms with Gasteiger partial charge < -0.3 is 9.64 Å². The van der Waals surface area contributed by atoms with Crippen LogP contribution in [0.3, 0.4) is 0 Å². The van der Waals surface area contributed by atoms with Gasteiger partial charge in [0.05, 0.1) is 0 Å². The standard InChI is InChI=1S/C16H19NO3/c1-11(18)13-2-3-15-14(10-13)4-7-17(15)16(19)12-5-8-20-9-6-12/h2-3,10,12H,4-9H2,1H3. The van der Waals surface area contributed by atoms with E-state index in [4.69, 9.17) is 4.74 Å². The van der Waals surface area contributed by atoms with E-state index in [9.17, 15) is 9.59 Å². The third-order valence-electron chi connectivity index (χ3n) is 4.22. The van der Waals surface area contributed by atoms with Gasteiger partial charge in [0, 0.05) is 36.9 Å². The average Bonchev–Trinajstić information content (AvgIpc) is 2.90. The summed E-state index contributed by atoms with van der Waals surface area (Å²) in [5.41, 5.74) is 2.81. The second-order valence-electron chi connectivity index (χ2n) is 5.53. The highest BCUT2D eigenvalue weighted by atomic mass is 16.5. The second-order valence-corrected chi connectivity index (χ2v) is 5.53. The number of fused-ring (bicyclic) bond motifs is 1. The fourth-order valence-corrected chi connectivity index (χ4v) is 3.01. The first-order chi connectivity index (χ1) is 9.66. The number of hydrogen-bond donors (Lipinski definition) is 0. The summed E-state index contributed by atoms with van der Waals surface area (Å²) in [5.74, 6) is 0.367. The lowest BCUT2D eigenvalue weighted by Gasteiger charge is -2.26. The van der Waals surface area contributed by atoms with Crippen LogP contribution in [0, 0.1) is 5.92 Å². The first-order valence-corrected chi connectivity index (χ1v) is 7.20. The van der Waals surface area contributed by atoms with Crippen LogP contribution in [-0.4, -0.2) is 31.4 Å². The van der Waals surface area contributed by atoms with Crippen molar-refractivity contribution in [1.29, 1.82) is 0 Å². The van der Waals surface area contributed by atoms with E-state index < -0.39 is 0 Å². The minimum absolute atomic E-state index is 0.0713. The summed E-state index contributed by atoms with van der Waals surface area (Å²) >= 11 is 0. The number of ketones is 1. The third-order valence-corrected chi connectivity index (χ3v) is 4.22. The van der Waals surface area contributed by atoms with Crippen molar-refractivity contribution >= 4 is 17.4 Å². The Morgan fingerprint density at radius 3 is 2.70 bits per heavy atom. The van der Waals surface area contributed by atoms with Crippen LogP contribution in [0.2, 0.25) is 0 Å². The van der Waals surface area contributed by atoms with Gasteiger partial charge in [0.25, 0.3) is 0 Å². The van der Waals surface area contributed by atoms with Crippen molar-refractivity contribution in [2.45, 2.75) is 26.2 Å². The molecule has 0 aliphatic carbocycles. The number of hydrogen-bond acceptors (Lipinski definition) is 3. The van der Waals surface area contributed by atoms with E-state index >= 15 is 0 Å². The molecule has 1 fully saturated rings. The number of carbonyl (C=O) groups is 2. The van der Waals surface area contributed by atoms with Gasteiger partial charge in [0.1, 0.15) is 0 Å². The van der Waals surface area contributed by atoms with Crippen molar-refractivity contribution < 1.29 is 14.3 Å². The molecule has 4 nitrogen and oxygen atoms in total. The van der Waals surface area contributed by atoms with Gasteiger partial charge in [0.15, 0.2) is 5.78 Å². The molecule has 0 aromatic heterocycles. The zero-order chi connectivity index (χ0) is 14.1. The predicted molar refractivity (Wildman–Crippen MR) is 76.0 cm³/mol. The average molecular weight is 273 g/mol. The summed E-state index contributed by atoms with van der Waals surface area (Å²) in [7, 11) is 0. The number of Topliss-reactive ketones (excluding diaryl/α,β-unsaturated/α-hetero) is 1. The molecule has 2 aliphatic rings. The van der Waals surface area contributed by atoms with E-state index in [2.05, 4.69) is 0 Å². The monoisotopic (exact) mass is 273 g/mol. The highest BCUT2D eigenvalue weighted by Crippen LogP contribution is 2.31. The topological polar surface area (TPSA) is 46.6 Å². The largest absolute Gasteiger partial charge is 0.381 e. The molecule has 106 valence electrons. The molecule has 0 unspecified atom stereocenters. The smallest absolute Gasteiger partial charge is 0.230 e. The molecule has 20 heavy (non-hydrogen) atoms. The van der Waals surface area contributed by atoms with Gasteiger partial charge in [-0.15, -0.1) is 0 Å². The van der Waals surface area contributed by atoms with Gasteiger partial charge in [-0.2, -0.15) is 0 Å². The minimum atomic E-state index is 0.0713. The first kappa shape index (κ1) is 13.3. The van der Waals surface area contributed by atoms with Crippen LogP contribution in [0.15, 0.2) is 18.2 Å². The molecule has 0 spiro atoms.